The van der Waals surface area contributed by atoms with Gasteiger partial charge in [-0.3, -0.25) is 0 Å². The van der Waals surface area contributed by atoms with Gasteiger partial charge in [-0.1, -0.05) is 13.3 Å². The molecule has 0 amide bonds. The van der Waals surface area contributed by atoms with Gasteiger partial charge in [0.25, 0.3) is 0 Å². The van der Waals surface area contributed by atoms with Crippen LogP contribution in [0, 0.1) is 11.3 Å². The minimum absolute atomic E-state index is 0.671. The predicted molar refractivity (Wildman–Crippen MR) is 64.5 cm³/mol. The summed E-state index contributed by atoms with van der Waals surface area (Å²) < 4.78 is 0. The second-order valence-electron chi connectivity index (χ2n) is 3.26. The number of isothiocyanates is 1. The van der Waals surface area contributed by atoms with Gasteiger partial charge < -0.3 is 0 Å². The number of hydrogen-bond donors (Lipinski definition) is 0. The first-order valence-corrected chi connectivity index (χ1v) is 5.33. The zero-order valence-corrected chi connectivity index (χ0v) is 9.47. The van der Waals surface area contributed by atoms with Gasteiger partial charge in [-0.15, -0.1) is 0 Å². The molecule has 0 radical (unpaired) electrons. The molecule has 0 atom stereocenters. The van der Waals surface area contributed by atoms with Crippen molar-refractivity contribution in [3.8, 4) is 6.07 Å². The normalized spacial score (nSPS) is 9.07. The first-order valence-electron chi connectivity index (χ1n) is 4.92. The summed E-state index contributed by atoms with van der Waals surface area (Å²) in [6.45, 7) is 2.14. The lowest BCUT2D eigenvalue weighted by molar-refractivity contribution is 0.795. The van der Waals surface area contributed by atoms with Crippen LogP contribution in [0.2, 0.25) is 0 Å². The van der Waals surface area contributed by atoms with Gasteiger partial charge in [0.15, 0.2) is 0 Å². The Morgan fingerprint density at radius 3 is 2.87 bits per heavy atom. The third kappa shape index (κ3) is 3.28. The van der Waals surface area contributed by atoms with Crippen molar-refractivity contribution in [3.63, 3.8) is 0 Å². The summed E-state index contributed by atoms with van der Waals surface area (Å²) in [6.07, 6.45) is 3.15. The molecule has 0 heterocycles. The van der Waals surface area contributed by atoms with E-state index in [1.165, 1.54) is 0 Å². The van der Waals surface area contributed by atoms with Crippen LogP contribution >= 0.6 is 12.2 Å². The van der Waals surface area contributed by atoms with Crippen LogP contribution in [0.4, 0.5) is 5.69 Å². The highest BCUT2D eigenvalue weighted by Crippen LogP contribution is 2.22. The number of aryl methyl sites for hydroxylation is 1. The van der Waals surface area contributed by atoms with Gasteiger partial charge in [-0.05, 0) is 48.8 Å². The maximum atomic E-state index is 8.79. The van der Waals surface area contributed by atoms with Gasteiger partial charge >= 0.3 is 0 Å². The van der Waals surface area contributed by atoms with Gasteiger partial charge in [0.1, 0.15) is 0 Å². The van der Waals surface area contributed by atoms with Gasteiger partial charge in [0.05, 0.1) is 22.5 Å². The Morgan fingerprint density at radius 2 is 2.27 bits per heavy atom. The lowest BCUT2D eigenvalue weighted by Crippen LogP contribution is -1.87. The summed E-state index contributed by atoms with van der Waals surface area (Å²) in [5.41, 5.74) is 2.58. The van der Waals surface area contributed by atoms with E-state index in [0.717, 1.165) is 30.5 Å². The predicted octanol–water partition coefficient (Wildman–Crippen LogP) is 3.64. The zero-order chi connectivity index (χ0) is 11.1. The average Bonchev–Trinajstić information content (AvgIpc) is 2.28. The van der Waals surface area contributed by atoms with E-state index in [0.29, 0.717) is 5.56 Å². The summed E-state index contributed by atoms with van der Waals surface area (Å²) in [4.78, 5) is 3.99. The van der Waals surface area contributed by atoms with E-state index in [9.17, 15) is 0 Å². The molecule has 15 heavy (non-hydrogen) atoms. The van der Waals surface area contributed by atoms with Crippen LogP contribution in [0.15, 0.2) is 23.2 Å². The highest BCUT2D eigenvalue weighted by atomic mass is 32.1. The Balaban J connectivity index is 3.05. The largest absolute Gasteiger partial charge is 0.194 e. The van der Waals surface area contributed by atoms with Crippen LogP contribution in [0.5, 0.6) is 0 Å². The fourth-order valence-electron chi connectivity index (χ4n) is 1.38. The number of hydrogen-bond acceptors (Lipinski definition) is 3. The number of nitriles is 1. The van der Waals surface area contributed by atoms with Crippen molar-refractivity contribution >= 4 is 23.1 Å². The third-order valence-electron chi connectivity index (χ3n) is 2.17. The van der Waals surface area contributed by atoms with Crippen LogP contribution in [-0.2, 0) is 6.42 Å². The number of thiocarbonyl (C=S) groups is 1. The molecule has 0 spiro atoms. The molecule has 0 aliphatic rings. The Bertz CT molecular complexity index is 426. The average molecular weight is 216 g/mol. The van der Waals surface area contributed by atoms with Crippen molar-refractivity contribution in [3.05, 3.63) is 29.3 Å². The minimum atomic E-state index is 0.671. The number of aliphatic imine (C=N–C) groups is 1. The van der Waals surface area contributed by atoms with E-state index in [1.54, 1.807) is 6.07 Å². The first-order chi connectivity index (χ1) is 7.31. The molecule has 0 saturated heterocycles. The maximum Gasteiger partial charge on any atom is 0.0991 e. The van der Waals surface area contributed by atoms with Crippen molar-refractivity contribution in [1.82, 2.24) is 0 Å². The number of benzene rings is 1. The van der Waals surface area contributed by atoms with Crippen molar-refractivity contribution in [2.24, 2.45) is 4.99 Å². The fraction of sp³-hybridized carbons (Fsp3) is 0.333. The van der Waals surface area contributed by atoms with Crippen LogP contribution in [-0.4, -0.2) is 5.16 Å². The number of rotatable bonds is 4. The summed E-state index contributed by atoms with van der Waals surface area (Å²) in [5, 5.41) is 11.2. The quantitative estimate of drug-likeness (QED) is 0.569. The molecular formula is C12H12N2S. The van der Waals surface area contributed by atoms with Crippen LogP contribution in [0.3, 0.4) is 0 Å². The number of nitrogens with zero attached hydrogens (tertiary/aromatic N) is 2. The van der Waals surface area contributed by atoms with E-state index in [-0.39, 0.29) is 0 Å². The molecule has 0 fully saturated rings. The van der Waals surface area contributed by atoms with E-state index in [2.05, 4.69) is 35.4 Å². The van der Waals surface area contributed by atoms with E-state index < -0.39 is 0 Å². The molecule has 1 aromatic carbocycles. The van der Waals surface area contributed by atoms with Gasteiger partial charge in [0.2, 0.25) is 0 Å². The highest BCUT2D eigenvalue weighted by Gasteiger charge is 2.02. The summed E-state index contributed by atoms with van der Waals surface area (Å²) in [5.74, 6) is 0. The molecule has 0 aliphatic carbocycles. The molecule has 0 saturated carbocycles. The van der Waals surface area contributed by atoms with Crippen LogP contribution in [0.1, 0.15) is 30.9 Å². The second-order valence-corrected chi connectivity index (χ2v) is 3.44. The van der Waals surface area contributed by atoms with Gasteiger partial charge in [-0.25, -0.2) is 0 Å². The first kappa shape index (κ1) is 11.6. The molecule has 3 heteroatoms. The maximum absolute atomic E-state index is 8.79. The lowest BCUT2D eigenvalue weighted by atomic mass is 10.0. The standard InChI is InChI=1S/C12H12N2S/c1-2-3-4-11-7-10(8-13)5-6-12(11)14-9-15/h5-7H,2-4H2,1H3. The smallest absolute Gasteiger partial charge is 0.0991 e. The highest BCUT2D eigenvalue weighted by molar-refractivity contribution is 7.78. The minimum Gasteiger partial charge on any atom is -0.194 e. The SMILES string of the molecule is CCCCc1cc(C#N)ccc1N=C=S. The van der Waals surface area contributed by atoms with Crippen LogP contribution < -0.4 is 0 Å². The second kappa shape index (κ2) is 6.08. The summed E-state index contributed by atoms with van der Waals surface area (Å²) >= 11 is 4.59. The van der Waals surface area contributed by atoms with Crippen LogP contribution in [0.25, 0.3) is 0 Å². The lowest BCUT2D eigenvalue weighted by Gasteiger charge is -2.03. The van der Waals surface area contributed by atoms with E-state index >= 15 is 0 Å². The monoisotopic (exact) mass is 216 g/mol. The molecule has 76 valence electrons. The van der Waals surface area contributed by atoms with Crippen molar-refractivity contribution < 1.29 is 0 Å². The Labute approximate surface area is 95.3 Å². The molecule has 0 aliphatic heterocycles. The van der Waals surface area contributed by atoms with E-state index in [1.807, 2.05) is 12.1 Å². The summed E-state index contributed by atoms with van der Waals surface area (Å²) in [6, 6.07) is 7.57. The zero-order valence-electron chi connectivity index (χ0n) is 8.66. The van der Waals surface area contributed by atoms with Crippen molar-refractivity contribution in [2.75, 3.05) is 0 Å². The molecule has 0 aromatic heterocycles. The molecule has 1 rings (SSSR count). The molecule has 2 nitrogen and oxygen atoms in total. The van der Waals surface area contributed by atoms with E-state index in [4.69, 9.17) is 5.26 Å². The molecule has 0 N–H and O–H groups in total. The van der Waals surface area contributed by atoms with Gasteiger partial charge in [0, 0.05) is 0 Å². The number of unbranched alkanes of at least 4 members (excludes halogenated alkanes) is 1. The topological polar surface area (TPSA) is 36.1 Å². The Hall–Kier alpha value is -1.49. The Morgan fingerprint density at radius 1 is 1.47 bits per heavy atom. The van der Waals surface area contributed by atoms with Gasteiger partial charge in [-0.2, -0.15) is 10.3 Å². The molecule has 1 aromatic rings. The molecular weight excluding hydrogens is 204 g/mol. The Kier molecular flexibility index (Phi) is 4.70. The van der Waals surface area contributed by atoms with Crippen molar-refractivity contribution in [2.45, 2.75) is 26.2 Å². The summed E-state index contributed by atoms with van der Waals surface area (Å²) in [7, 11) is 0. The molecule has 0 bridgehead atoms. The van der Waals surface area contributed by atoms with Crippen molar-refractivity contribution in [1.29, 1.82) is 5.26 Å². The fourth-order valence-corrected chi connectivity index (χ4v) is 1.48. The third-order valence-corrected chi connectivity index (χ3v) is 2.27. The molecule has 0 unspecified atom stereocenters.